The number of hydrogen-bond acceptors (Lipinski definition) is 1. The number of aromatic nitrogens is 2. The maximum Gasteiger partial charge on any atom is 0.133 e. The monoisotopic (exact) mass is 184 g/mol. The van der Waals surface area contributed by atoms with Crippen LogP contribution in [0.25, 0.3) is 6.08 Å². The van der Waals surface area contributed by atoms with E-state index in [4.69, 9.17) is 11.6 Å². The third-order valence-electron chi connectivity index (χ3n) is 1.69. The van der Waals surface area contributed by atoms with Crippen molar-refractivity contribution in [2.24, 2.45) is 0 Å². The third kappa shape index (κ3) is 2.11. The van der Waals surface area contributed by atoms with E-state index in [2.05, 4.69) is 23.5 Å². The number of aryl methyl sites for hydroxylation is 1. The highest BCUT2D eigenvalue weighted by Crippen LogP contribution is 2.14. The maximum absolute atomic E-state index is 5.83. The molecule has 0 radical (unpaired) electrons. The van der Waals surface area contributed by atoms with Gasteiger partial charge in [-0.15, -0.1) is 0 Å². The highest BCUT2D eigenvalue weighted by Gasteiger charge is 2.03. The Kier molecular flexibility index (Phi) is 3.35. The van der Waals surface area contributed by atoms with E-state index in [1.165, 1.54) is 6.42 Å². The van der Waals surface area contributed by atoms with Gasteiger partial charge in [0.15, 0.2) is 0 Å². The van der Waals surface area contributed by atoms with Crippen molar-refractivity contribution >= 4 is 17.7 Å². The summed E-state index contributed by atoms with van der Waals surface area (Å²) in [5, 5.41) is 0.594. The molecule has 3 heteroatoms. The van der Waals surface area contributed by atoms with Gasteiger partial charge in [-0.2, -0.15) is 0 Å². The quantitative estimate of drug-likeness (QED) is 0.766. The molecule has 0 saturated carbocycles. The van der Waals surface area contributed by atoms with Crippen LogP contribution in [0.15, 0.2) is 6.58 Å². The zero-order chi connectivity index (χ0) is 8.97. The summed E-state index contributed by atoms with van der Waals surface area (Å²) in [6, 6.07) is 0. The number of nitrogens with zero attached hydrogens (tertiary/aromatic N) is 1. The summed E-state index contributed by atoms with van der Waals surface area (Å²) < 4.78 is 0. The highest BCUT2D eigenvalue weighted by molar-refractivity contribution is 6.30. The molecule has 0 saturated heterocycles. The van der Waals surface area contributed by atoms with Gasteiger partial charge in [0.25, 0.3) is 0 Å². The molecule has 1 N–H and O–H groups in total. The lowest BCUT2D eigenvalue weighted by Crippen LogP contribution is -1.86. The van der Waals surface area contributed by atoms with Gasteiger partial charge < -0.3 is 4.98 Å². The smallest absolute Gasteiger partial charge is 0.133 e. The molecule has 12 heavy (non-hydrogen) atoms. The average Bonchev–Trinajstić information content (AvgIpc) is 2.43. The van der Waals surface area contributed by atoms with Crippen molar-refractivity contribution < 1.29 is 0 Å². The van der Waals surface area contributed by atoms with Crippen LogP contribution in [0.2, 0.25) is 5.15 Å². The third-order valence-corrected chi connectivity index (χ3v) is 1.98. The van der Waals surface area contributed by atoms with Gasteiger partial charge in [-0.05, 0) is 12.5 Å². The fourth-order valence-corrected chi connectivity index (χ4v) is 1.24. The molecule has 0 unspecified atom stereocenters. The van der Waals surface area contributed by atoms with Crippen molar-refractivity contribution in [2.45, 2.75) is 26.2 Å². The molecule has 2 nitrogen and oxygen atoms in total. The molecular weight excluding hydrogens is 172 g/mol. The Morgan fingerprint density at radius 1 is 1.67 bits per heavy atom. The zero-order valence-corrected chi connectivity index (χ0v) is 7.99. The van der Waals surface area contributed by atoms with E-state index >= 15 is 0 Å². The fourth-order valence-electron chi connectivity index (χ4n) is 1.01. The van der Waals surface area contributed by atoms with E-state index in [9.17, 15) is 0 Å². The molecule has 1 rings (SSSR count). The van der Waals surface area contributed by atoms with Crippen molar-refractivity contribution in [1.82, 2.24) is 9.97 Å². The van der Waals surface area contributed by atoms with Crippen LogP contribution in [0.4, 0.5) is 0 Å². The number of H-pyrrole nitrogens is 1. The standard InChI is InChI=1S/C9H13ClN2/c1-3-5-6-8-11-7(4-2)9(10)12-8/h4H,2-3,5-6H2,1H3,(H,11,12). The van der Waals surface area contributed by atoms with Crippen LogP contribution in [0.3, 0.4) is 0 Å². The Labute approximate surface area is 77.7 Å². The SMILES string of the molecule is C=Cc1nc(CCCC)[nH]c1Cl. The number of imidazole rings is 1. The first kappa shape index (κ1) is 9.33. The van der Waals surface area contributed by atoms with Gasteiger partial charge in [0.05, 0.1) is 5.69 Å². The first-order valence-electron chi connectivity index (χ1n) is 4.14. The zero-order valence-electron chi connectivity index (χ0n) is 7.23. The van der Waals surface area contributed by atoms with Crippen LogP contribution in [0.1, 0.15) is 31.3 Å². The van der Waals surface area contributed by atoms with Gasteiger partial charge in [-0.25, -0.2) is 4.98 Å². The summed E-state index contributed by atoms with van der Waals surface area (Å²) in [4.78, 5) is 7.27. The van der Waals surface area contributed by atoms with Crippen molar-refractivity contribution in [3.05, 3.63) is 23.3 Å². The van der Waals surface area contributed by atoms with E-state index in [0.717, 1.165) is 24.4 Å². The van der Waals surface area contributed by atoms with Crippen molar-refractivity contribution in [3.8, 4) is 0 Å². The number of unbranched alkanes of at least 4 members (excludes halogenated alkanes) is 1. The number of nitrogens with one attached hydrogen (secondary N) is 1. The van der Waals surface area contributed by atoms with E-state index in [-0.39, 0.29) is 0 Å². The van der Waals surface area contributed by atoms with Crippen LogP contribution < -0.4 is 0 Å². The molecule has 0 fully saturated rings. The van der Waals surface area contributed by atoms with Crippen molar-refractivity contribution in [1.29, 1.82) is 0 Å². The molecule has 66 valence electrons. The van der Waals surface area contributed by atoms with Crippen molar-refractivity contribution in [3.63, 3.8) is 0 Å². The van der Waals surface area contributed by atoms with Crippen LogP contribution in [0, 0.1) is 0 Å². The average molecular weight is 185 g/mol. The minimum Gasteiger partial charge on any atom is -0.333 e. The van der Waals surface area contributed by atoms with Crippen LogP contribution in [-0.4, -0.2) is 9.97 Å². The number of hydrogen-bond donors (Lipinski definition) is 1. The Morgan fingerprint density at radius 3 is 2.92 bits per heavy atom. The fraction of sp³-hybridized carbons (Fsp3) is 0.444. The second-order valence-corrected chi connectivity index (χ2v) is 3.07. The van der Waals surface area contributed by atoms with Gasteiger partial charge in [0.2, 0.25) is 0 Å². The molecule has 1 heterocycles. The molecule has 1 aromatic heterocycles. The Bertz CT molecular complexity index is 265. The van der Waals surface area contributed by atoms with Gasteiger partial charge in [-0.3, -0.25) is 0 Å². The number of aromatic amines is 1. The predicted octanol–water partition coefficient (Wildman–Crippen LogP) is 3.05. The second kappa shape index (κ2) is 4.31. The minimum atomic E-state index is 0.594. The van der Waals surface area contributed by atoms with E-state index < -0.39 is 0 Å². The van der Waals surface area contributed by atoms with Crippen LogP contribution in [0.5, 0.6) is 0 Å². The first-order valence-corrected chi connectivity index (χ1v) is 4.52. The summed E-state index contributed by atoms with van der Waals surface area (Å²) in [6.45, 7) is 5.77. The van der Waals surface area contributed by atoms with E-state index in [0.29, 0.717) is 5.15 Å². The predicted molar refractivity (Wildman–Crippen MR) is 52.3 cm³/mol. The summed E-state index contributed by atoms with van der Waals surface area (Å²) in [5.74, 6) is 0.955. The van der Waals surface area contributed by atoms with Gasteiger partial charge >= 0.3 is 0 Å². The molecule has 0 aliphatic carbocycles. The summed E-state index contributed by atoms with van der Waals surface area (Å²) in [6.07, 6.45) is 4.93. The molecule has 0 amide bonds. The van der Waals surface area contributed by atoms with Crippen molar-refractivity contribution in [2.75, 3.05) is 0 Å². The number of halogens is 1. The lowest BCUT2D eigenvalue weighted by Gasteiger charge is -1.90. The minimum absolute atomic E-state index is 0.594. The van der Waals surface area contributed by atoms with E-state index in [1.54, 1.807) is 6.08 Å². The molecule has 0 aromatic carbocycles. The van der Waals surface area contributed by atoms with Gasteiger partial charge in [0.1, 0.15) is 11.0 Å². The summed E-state index contributed by atoms with van der Waals surface area (Å²) in [7, 11) is 0. The Balaban J connectivity index is 2.68. The largest absolute Gasteiger partial charge is 0.333 e. The maximum atomic E-state index is 5.83. The molecule has 0 bridgehead atoms. The molecule has 0 aliphatic rings. The second-order valence-electron chi connectivity index (χ2n) is 2.69. The molecule has 0 spiro atoms. The highest BCUT2D eigenvalue weighted by atomic mass is 35.5. The lowest BCUT2D eigenvalue weighted by atomic mass is 10.2. The molecular formula is C9H13ClN2. The Hall–Kier alpha value is -0.760. The molecule has 1 aromatic rings. The Morgan fingerprint density at radius 2 is 2.42 bits per heavy atom. The number of rotatable bonds is 4. The van der Waals surface area contributed by atoms with E-state index in [1.807, 2.05) is 0 Å². The molecule has 0 atom stereocenters. The van der Waals surface area contributed by atoms with Crippen LogP contribution in [-0.2, 0) is 6.42 Å². The summed E-state index contributed by atoms with van der Waals surface area (Å²) >= 11 is 5.83. The first-order chi connectivity index (χ1) is 5.77. The van der Waals surface area contributed by atoms with Crippen LogP contribution >= 0.6 is 11.6 Å². The molecule has 0 aliphatic heterocycles. The summed E-state index contributed by atoms with van der Waals surface area (Å²) in [5.41, 5.74) is 0.753. The topological polar surface area (TPSA) is 28.7 Å². The van der Waals surface area contributed by atoms with Gasteiger partial charge in [-0.1, -0.05) is 31.5 Å². The lowest BCUT2D eigenvalue weighted by molar-refractivity contribution is 0.762. The normalized spacial score (nSPS) is 10.2. The van der Waals surface area contributed by atoms with Gasteiger partial charge in [0, 0.05) is 6.42 Å².